The van der Waals surface area contributed by atoms with Gasteiger partial charge in [-0.1, -0.05) is 11.6 Å². The van der Waals surface area contributed by atoms with Gasteiger partial charge in [0, 0.05) is 12.3 Å². The summed E-state index contributed by atoms with van der Waals surface area (Å²) in [6.45, 7) is 0. The Morgan fingerprint density at radius 1 is 1.14 bits per heavy atom. The standard InChI is InChI=1S/C14H14ClN3O3/c1-20-10-4-5-12(21-2)11(7-10)17-14(19)18-13-6-3-9(15)8-16-13/h3-8H,1-2H3,(H2,16,17,18,19). The lowest BCUT2D eigenvalue weighted by atomic mass is 10.2. The Bertz CT molecular complexity index is 632. The van der Waals surface area contributed by atoms with E-state index >= 15 is 0 Å². The van der Waals surface area contributed by atoms with Crippen molar-refractivity contribution in [2.75, 3.05) is 24.9 Å². The summed E-state index contributed by atoms with van der Waals surface area (Å²) in [6.07, 6.45) is 1.45. The normalized spacial score (nSPS) is 9.86. The molecule has 2 N–H and O–H groups in total. The fourth-order valence-corrected chi connectivity index (χ4v) is 1.74. The summed E-state index contributed by atoms with van der Waals surface area (Å²) in [5, 5.41) is 5.76. The van der Waals surface area contributed by atoms with Gasteiger partial charge in [-0.2, -0.15) is 0 Å². The number of nitrogens with one attached hydrogen (secondary N) is 2. The number of nitrogens with zero attached hydrogens (tertiary/aromatic N) is 1. The van der Waals surface area contributed by atoms with Gasteiger partial charge in [-0.25, -0.2) is 9.78 Å². The predicted octanol–water partition coefficient (Wildman–Crippen LogP) is 3.40. The number of carbonyl (C=O) groups is 1. The molecule has 0 aliphatic heterocycles. The maximum Gasteiger partial charge on any atom is 0.324 e. The van der Waals surface area contributed by atoms with Gasteiger partial charge in [-0.05, 0) is 24.3 Å². The van der Waals surface area contributed by atoms with Gasteiger partial charge in [0.25, 0.3) is 0 Å². The Morgan fingerprint density at radius 2 is 1.95 bits per heavy atom. The summed E-state index contributed by atoms with van der Waals surface area (Å²) in [5.74, 6) is 1.52. The van der Waals surface area contributed by atoms with Crippen LogP contribution in [0.15, 0.2) is 36.5 Å². The van der Waals surface area contributed by atoms with Crippen LogP contribution in [-0.2, 0) is 0 Å². The van der Waals surface area contributed by atoms with Crippen LogP contribution < -0.4 is 20.1 Å². The van der Waals surface area contributed by atoms with E-state index in [0.29, 0.717) is 28.0 Å². The molecule has 2 amide bonds. The molecule has 0 bridgehead atoms. The number of pyridine rings is 1. The first-order valence-electron chi connectivity index (χ1n) is 6.04. The van der Waals surface area contributed by atoms with E-state index in [1.54, 1.807) is 37.4 Å². The molecule has 2 aromatic rings. The second-order valence-electron chi connectivity index (χ2n) is 4.01. The third kappa shape index (κ3) is 4.00. The van der Waals surface area contributed by atoms with E-state index in [1.807, 2.05) is 0 Å². The van der Waals surface area contributed by atoms with Crippen LogP contribution in [0.25, 0.3) is 0 Å². The quantitative estimate of drug-likeness (QED) is 0.908. The lowest BCUT2D eigenvalue weighted by Gasteiger charge is -2.12. The van der Waals surface area contributed by atoms with Crippen LogP contribution in [0.5, 0.6) is 11.5 Å². The topological polar surface area (TPSA) is 72.5 Å². The van der Waals surface area contributed by atoms with Crippen LogP contribution in [0.2, 0.25) is 5.02 Å². The maximum atomic E-state index is 11.9. The molecule has 110 valence electrons. The third-order valence-corrected chi connectivity index (χ3v) is 2.85. The third-order valence-electron chi connectivity index (χ3n) is 2.62. The summed E-state index contributed by atoms with van der Waals surface area (Å²) in [6, 6.07) is 7.89. The van der Waals surface area contributed by atoms with Crippen molar-refractivity contribution >= 4 is 29.1 Å². The molecular weight excluding hydrogens is 294 g/mol. The molecule has 0 saturated heterocycles. The number of anilines is 2. The molecule has 0 aliphatic carbocycles. The van der Waals surface area contributed by atoms with Gasteiger partial charge in [0.1, 0.15) is 17.3 Å². The summed E-state index contributed by atoms with van der Waals surface area (Å²) in [4.78, 5) is 15.9. The van der Waals surface area contributed by atoms with Crippen molar-refractivity contribution in [1.82, 2.24) is 4.98 Å². The Hall–Kier alpha value is -2.47. The zero-order valence-corrected chi connectivity index (χ0v) is 12.3. The molecule has 21 heavy (non-hydrogen) atoms. The molecule has 0 atom stereocenters. The van der Waals surface area contributed by atoms with E-state index in [-0.39, 0.29) is 0 Å². The van der Waals surface area contributed by atoms with Crippen molar-refractivity contribution in [3.05, 3.63) is 41.6 Å². The number of rotatable bonds is 4. The molecule has 1 aromatic heterocycles. The number of benzene rings is 1. The molecule has 1 heterocycles. The number of ether oxygens (including phenoxy) is 2. The summed E-state index contributed by atoms with van der Waals surface area (Å²) >= 11 is 5.73. The molecule has 0 aliphatic rings. The Labute approximate surface area is 127 Å². The molecule has 7 heteroatoms. The minimum Gasteiger partial charge on any atom is -0.497 e. The van der Waals surface area contributed by atoms with Crippen molar-refractivity contribution in [1.29, 1.82) is 0 Å². The van der Waals surface area contributed by atoms with Crippen molar-refractivity contribution in [3.63, 3.8) is 0 Å². The Kier molecular flexibility index (Phi) is 4.84. The van der Waals surface area contributed by atoms with Gasteiger partial charge in [0.15, 0.2) is 0 Å². The van der Waals surface area contributed by atoms with E-state index in [0.717, 1.165) is 0 Å². The summed E-state index contributed by atoms with van der Waals surface area (Å²) in [5.41, 5.74) is 0.489. The number of amides is 2. The van der Waals surface area contributed by atoms with Crippen LogP contribution in [0.4, 0.5) is 16.3 Å². The fourth-order valence-electron chi connectivity index (χ4n) is 1.63. The zero-order chi connectivity index (χ0) is 15.2. The van der Waals surface area contributed by atoms with Crippen molar-refractivity contribution in [3.8, 4) is 11.5 Å². The fraction of sp³-hybridized carbons (Fsp3) is 0.143. The van der Waals surface area contributed by atoms with Gasteiger partial charge in [0.2, 0.25) is 0 Å². The largest absolute Gasteiger partial charge is 0.497 e. The number of hydrogen-bond acceptors (Lipinski definition) is 4. The highest BCUT2D eigenvalue weighted by Crippen LogP contribution is 2.28. The molecule has 0 radical (unpaired) electrons. The van der Waals surface area contributed by atoms with Crippen LogP contribution in [0.3, 0.4) is 0 Å². The highest BCUT2D eigenvalue weighted by Gasteiger charge is 2.09. The van der Waals surface area contributed by atoms with Crippen LogP contribution in [0, 0.1) is 0 Å². The van der Waals surface area contributed by atoms with Gasteiger partial charge in [-0.3, -0.25) is 5.32 Å². The zero-order valence-electron chi connectivity index (χ0n) is 11.5. The van der Waals surface area contributed by atoms with Crippen LogP contribution in [-0.4, -0.2) is 25.2 Å². The second-order valence-corrected chi connectivity index (χ2v) is 4.44. The molecule has 0 spiro atoms. The minimum absolute atomic E-state index is 0.388. The van der Waals surface area contributed by atoms with Crippen LogP contribution >= 0.6 is 11.6 Å². The smallest absolute Gasteiger partial charge is 0.324 e. The lowest BCUT2D eigenvalue weighted by molar-refractivity contribution is 0.262. The highest BCUT2D eigenvalue weighted by atomic mass is 35.5. The molecule has 1 aromatic carbocycles. The molecular formula is C14H14ClN3O3. The van der Waals surface area contributed by atoms with Crippen LogP contribution in [0.1, 0.15) is 0 Å². The summed E-state index contributed by atoms with van der Waals surface area (Å²) < 4.78 is 10.3. The highest BCUT2D eigenvalue weighted by molar-refractivity contribution is 6.30. The lowest BCUT2D eigenvalue weighted by Crippen LogP contribution is -2.20. The first-order chi connectivity index (χ1) is 10.1. The van der Waals surface area contributed by atoms with E-state index in [9.17, 15) is 4.79 Å². The first-order valence-corrected chi connectivity index (χ1v) is 6.42. The van der Waals surface area contributed by atoms with E-state index in [2.05, 4.69) is 15.6 Å². The Morgan fingerprint density at radius 3 is 2.57 bits per heavy atom. The molecule has 0 saturated carbocycles. The number of urea groups is 1. The molecule has 0 unspecified atom stereocenters. The molecule has 0 fully saturated rings. The number of carbonyl (C=O) groups excluding carboxylic acids is 1. The van der Waals surface area contributed by atoms with Crippen molar-refractivity contribution in [2.24, 2.45) is 0 Å². The number of halogens is 1. The molecule has 6 nitrogen and oxygen atoms in total. The van der Waals surface area contributed by atoms with Gasteiger partial charge in [0.05, 0.1) is 24.9 Å². The monoisotopic (exact) mass is 307 g/mol. The Balaban J connectivity index is 2.09. The number of methoxy groups -OCH3 is 2. The van der Waals surface area contributed by atoms with E-state index in [4.69, 9.17) is 21.1 Å². The molecule has 2 rings (SSSR count). The van der Waals surface area contributed by atoms with E-state index < -0.39 is 6.03 Å². The SMILES string of the molecule is COc1ccc(OC)c(NC(=O)Nc2ccc(Cl)cn2)c1. The van der Waals surface area contributed by atoms with Gasteiger partial charge >= 0.3 is 6.03 Å². The first kappa shape index (κ1) is 14.9. The van der Waals surface area contributed by atoms with E-state index in [1.165, 1.54) is 13.3 Å². The minimum atomic E-state index is -0.448. The average Bonchev–Trinajstić information content (AvgIpc) is 2.49. The van der Waals surface area contributed by atoms with Crippen molar-refractivity contribution < 1.29 is 14.3 Å². The number of hydrogen-bond donors (Lipinski definition) is 2. The average molecular weight is 308 g/mol. The predicted molar refractivity (Wildman–Crippen MR) is 81.4 cm³/mol. The number of aromatic nitrogens is 1. The van der Waals surface area contributed by atoms with Gasteiger partial charge < -0.3 is 14.8 Å². The van der Waals surface area contributed by atoms with Gasteiger partial charge in [-0.15, -0.1) is 0 Å². The maximum absolute atomic E-state index is 11.9. The van der Waals surface area contributed by atoms with Crippen molar-refractivity contribution in [2.45, 2.75) is 0 Å². The second kappa shape index (κ2) is 6.81. The summed E-state index contributed by atoms with van der Waals surface area (Å²) in [7, 11) is 3.06.